The molecule has 0 fully saturated rings. The van der Waals surface area contributed by atoms with Crippen molar-refractivity contribution in [1.29, 1.82) is 0 Å². The second kappa shape index (κ2) is 5.16. The van der Waals surface area contributed by atoms with Crippen molar-refractivity contribution in [3.05, 3.63) is 54.2 Å². The monoisotopic (exact) mass is 215 g/mol. The van der Waals surface area contributed by atoms with Crippen LogP contribution in [0.1, 0.15) is 5.56 Å². The Kier molecular flexibility index (Phi) is 3.38. The summed E-state index contributed by atoms with van der Waals surface area (Å²) in [6.45, 7) is 0.515. The molecule has 3 heteroatoms. The van der Waals surface area contributed by atoms with Gasteiger partial charge < -0.3 is 9.47 Å². The summed E-state index contributed by atoms with van der Waals surface area (Å²) in [7, 11) is 1.65. The first kappa shape index (κ1) is 10.5. The minimum atomic E-state index is 0.515. The highest BCUT2D eigenvalue weighted by atomic mass is 16.5. The van der Waals surface area contributed by atoms with E-state index >= 15 is 0 Å². The van der Waals surface area contributed by atoms with Crippen molar-refractivity contribution in [3.8, 4) is 11.6 Å². The van der Waals surface area contributed by atoms with Gasteiger partial charge in [-0.2, -0.15) is 0 Å². The molecule has 2 aromatic rings. The predicted molar refractivity (Wildman–Crippen MR) is 61.6 cm³/mol. The summed E-state index contributed by atoms with van der Waals surface area (Å²) >= 11 is 0. The van der Waals surface area contributed by atoms with E-state index in [1.807, 2.05) is 42.5 Å². The summed E-state index contributed by atoms with van der Waals surface area (Å²) in [5, 5.41) is 0. The number of aromatic nitrogens is 1. The van der Waals surface area contributed by atoms with Gasteiger partial charge in [-0.3, -0.25) is 0 Å². The number of hydrogen-bond donors (Lipinski definition) is 0. The van der Waals surface area contributed by atoms with E-state index in [1.165, 1.54) is 0 Å². The summed E-state index contributed by atoms with van der Waals surface area (Å²) in [6, 6.07) is 13.4. The highest BCUT2D eigenvalue weighted by Gasteiger charge is 1.96. The summed E-state index contributed by atoms with van der Waals surface area (Å²) in [6.07, 6.45) is 1.71. The van der Waals surface area contributed by atoms with Gasteiger partial charge in [0.05, 0.1) is 7.11 Å². The fourth-order valence-electron chi connectivity index (χ4n) is 1.31. The van der Waals surface area contributed by atoms with Gasteiger partial charge in [0.15, 0.2) is 0 Å². The summed E-state index contributed by atoms with van der Waals surface area (Å²) in [5.74, 6) is 1.49. The van der Waals surface area contributed by atoms with Crippen LogP contribution < -0.4 is 9.47 Å². The lowest BCUT2D eigenvalue weighted by atomic mass is 10.2. The lowest BCUT2D eigenvalue weighted by Gasteiger charge is -2.05. The van der Waals surface area contributed by atoms with Crippen molar-refractivity contribution in [1.82, 2.24) is 4.98 Å². The molecule has 82 valence electrons. The Morgan fingerprint density at radius 3 is 2.50 bits per heavy atom. The molecule has 0 radical (unpaired) electrons. The van der Waals surface area contributed by atoms with Crippen molar-refractivity contribution >= 4 is 0 Å². The van der Waals surface area contributed by atoms with Crippen molar-refractivity contribution in [2.24, 2.45) is 0 Å². The van der Waals surface area contributed by atoms with Crippen LogP contribution in [-0.2, 0) is 6.61 Å². The van der Waals surface area contributed by atoms with E-state index in [0.29, 0.717) is 12.5 Å². The number of rotatable bonds is 4. The lowest BCUT2D eigenvalue weighted by Crippen LogP contribution is -1.96. The standard InChI is InChI=1S/C13H13NO2/c1-15-12-7-5-11(6-8-12)10-16-13-4-2-3-9-14-13/h2-9H,10H2,1H3. The molecule has 0 aliphatic heterocycles. The highest BCUT2D eigenvalue weighted by Crippen LogP contribution is 2.13. The van der Waals surface area contributed by atoms with E-state index in [0.717, 1.165) is 11.3 Å². The number of pyridine rings is 1. The fourth-order valence-corrected chi connectivity index (χ4v) is 1.31. The Morgan fingerprint density at radius 1 is 1.06 bits per heavy atom. The summed E-state index contributed by atoms with van der Waals surface area (Å²) in [5.41, 5.74) is 1.09. The first-order chi connectivity index (χ1) is 7.88. The van der Waals surface area contributed by atoms with Crippen LogP contribution in [0.2, 0.25) is 0 Å². The van der Waals surface area contributed by atoms with Crippen LogP contribution in [0.4, 0.5) is 0 Å². The van der Waals surface area contributed by atoms with E-state index in [-0.39, 0.29) is 0 Å². The molecule has 0 saturated carbocycles. The maximum absolute atomic E-state index is 5.51. The molecule has 0 saturated heterocycles. The van der Waals surface area contributed by atoms with E-state index < -0.39 is 0 Å². The fraction of sp³-hybridized carbons (Fsp3) is 0.154. The smallest absolute Gasteiger partial charge is 0.213 e. The van der Waals surface area contributed by atoms with Crippen molar-refractivity contribution in [3.63, 3.8) is 0 Å². The van der Waals surface area contributed by atoms with Gasteiger partial charge in [-0.05, 0) is 23.8 Å². The normalized spacial score (nSPS) is 9.81. The van der Waals surface area contributed by atoms with Crippen LogP contribution >= 0.6 is 0 Å². The number of hydrogen-bond acceptors (Lipinski definition) is 3. The zero-order chi connectivity index (χ0) is 11.2. The molecular formula is C13H13NO2. The van der Waals surface area contributed by atoms with E-state index in [1.54, 1.807) is 13.3 Å². The quantitative estimate of drug-likeness (QED) is 0.785. The lowest BCUT2D eigenvalue weighted by molar-refractivity contribution is 0.293. The van der Waals surface area contributed by atoms with Crippen LogP contribution in [0.3, 0.4) is 0 Å². The number of nitrogens with zero attached hydrogens (tertiary/aromatic N) is 1. The minimum absolute atomic E-state index is 0.515. The molecule has 0 atom stereocenters. The molecule has 0 amide bonds. The largest absolute Gasteiger partial charge is 0.497 e. The van der Waals surface area contributed by atoms with Gasteiger partial charge in [0.25, 0.3) is 0 Å². The van der Waals surface area contributed by atoms with Crippen LogP contribution in [-0.4, -0.2) is 12.1 Å². The van der Waals surface area contributed by atoms with Crippen LogP contribution in [0.5, 0.6) is 11.6 Å². The number of methoxy groups -OCH3 is 1. The molecule has 3 nitrogen and oxygen atoms in total. The number of ether oxygens (including phenoxy) is 2. The van der Waals surface area contributed by atoms with Crippen molar-refractivity contribution in [2.75, 3.05) is 7.11 Å². The molecule has 0 unspecified atom stereocenters. The Hall–Kier alpha value is -2.03. The molecular weight excluding hydrogens is 202 g/mol. The van der Waals surface area contributed by atoms with E-state index in [2.05, 4.69) is 4.98 Å². The predicted octanol–water partition coefficient (Wildman–Crippen LogP) is 2.67. The number of benzene rings is 1. The van der Waals surface area contributed by atoms with Crippen LogP contribution in [0.15, 0.2) is 48.7 Å². The summed E-state index contributed by atoms with van der Waals surface area (Å²) in [4.78, 5) is 4.08. The van der Waals surface area contributed by atoms with Gasteiger partial charge in [-0.25, -0.2) is 4.98 Å². The molecule has 0 N–H and O–H groups in total. The van der Waals surface area contributed by atoms with Gasteiger partial charge in [0.2, 0.25) is 5.88 Å². The second-order valence-corrected chi connectivity index (χ2v) is 3.30. The van der Waals surface area contributed by atoms with Gasteiger partial charge in [-0.1, -0.05) is 18.2 Å². The molecule has 0 bridgehead atoms. The highest BCUT2D eigenvalue weighted by molar-refractivity contribution is 5.27. The molecule has 0 aliphatic carbocycles. The van der Waals surface area contributed by atoms with E-state index in [9.17, 15) is 0 Å². The SMILES string of the molecule is COc1ccc(COc2ccccn2)cc1. The van der Waals surface area contributed by atoms with Gasteiger partial charge >= 0.3 is 0 Å². The molecule has 0 spiro atoms. The Balaban J connectivity index is 1.94. The third-order valence-corrected chi connectivity index (χ3v) is 2.18. The van der Waals surface area contributed by atoms with Gasteiger partial charge in [-0.15, -0.1) is 0 Å². The molecule has 2 rings (SSSR count). The first-order valence-corrected chi connectivity index (χ1v) is 5.05. The van der Waals surface area contributed by atoms with Crippen molar-refractivity contribution in [2.45, 2.75) is 6.61 Å². The molecule has 1 aromatic carbocycles. The van der Waals surface area contributed by atoms with Gasteiger partial charge in [0.1, 0.15) is 12.4 Å². The second-order valence-electron chi connectivity index (χ2n) is 3.30. The average molecular weight is 215 g/mol. The topological polar surface area (TPSA) is 31.4 Å². The Labute approximate surface area is 94.7 Å². The maximum Gasteiger partial charge on any atom is 0.213 e. The van der Waals surface area contributed by atoms with Crippen LogP contribution in [0.25, 0.3) is 0 Å². The first-order valence-electron chi connectivity index (χ1n) is 5.05. The molecule has 16 heavy (non-hydrogen) atoms. The molecule has 1 aromatic heterocycles. The molecule has 1 heterocycles. The average Bonchev–Trinajstić information content (AvgIpc) is 2.38. The zero-order valence-electron chi connectivity index (χ0n) is 9.09. The maximum atomic E-state index is 5.51. The Bertz CT molecular complexity index is 425. The Morgan fingerprint density at radius 2 is 1.88 bits per heavy atom. The van der Waals surface area contributed by atoms with Crippen molar-refractivity contribution < 1.29 is 9.47 Å². The third-order valence-electron chi connectivity index (χ3n) is 2.18. The summed E-state index contributed by atoms with van der Waals surface area (Å²) < 4.78 is 10.6. The van der Waals surface area contributed by atoms with E-state index in [4.69, 9.17) is 9.47 Å². The third kappa shape index (κ3) is 2.73. The van der Waals surface area contributed by atoms with Crippen LogP contribution in [0, 0.1) is 0 Å². The molecule has 0 aliphatic rings. The van der Waals surface area contributed by atoms with Gasteiger partial charge in [0, 0.05) is 12.3 Å². The zero-order valence-corrected chi connectivity index (χ0v) is 9.09. The minimum Gasteiger partial charge on any atom is -0.497 e.